The van der Waals surface area contributed by atoms with Gasteiger partial charge in [-0.2, -0.15) is 0 Å². The summed E-state index contributed by atoms with van der Waals surface area (Å²) in [6.45, 7) is 8.45. The third-order valence-electron chi connectivity index (χ3n) is 5.41. The van der Waals surface area contributed by atoms with Crippen LogP contribution in [-0.4, -0.2) is 23.4 Å². The summed E-state index contributed by atoms with van der Waals surface area (Å²) >= 11 is 0. The van der Waals surface area contributed by atoms with Gasteiger partial charge in [0.1, 0.15) is 6.54 Å². The van der Waals surface area contributed by atoms with Crippen molar-refractivity contribution in [1.82, 2.24) is 0 Å². The summed E-state index contributed by atoms with van der Waals surface area (Å²) in [4.78, 5) is 0. The smallest absolute Gasteiger partial charge is 0.171 e. The Morgan fingerprint density at radius 1 is 1.15 bits per heavy atom. The molecule has 0 N–H and O–H groups in total. The Hall–Kier alpha value is -1.11. The highest BCUT2D eigenvalue weighted by Crippen LogP contribution is 2.35. The zero-order chi connectivity index (χ0) is 14.1. The van der Waals surface area contributed by atoms with Crippen molar-refractivity contribution in [2.75, 3.05) is 6.54 Å². The van der Waals surface area contributed by atoms with Gasteiger partial charge in [0.15, 0.2) is 12.3 Å². The first kappa shape index (κ1) is 13.9. The summed E-state index contributed by atoms with van der Waals surface area (Å²) in [7, 11) is 0. The lowest BCUT2D eigenvalue weighted by Gasteiger charge is -2.35. The molecule has 0 saturated heterocycles. The van der Waals surface area contributed by atoms with Crippen molar-refractivity contribution in [1.29, 1.82) is 0 Å². The normalized spacial score (nSPS) is 30.0. The minimum Gasteiger partial charge on any atom is -0.232 e. The van der Waals surface area contributed by atoms with Gasteiger partial charge in [0.25, 0.3) is 0 Å². The predicted octanol–water partition coefficient (Wildman–Crippen LogP) is 4.13. The molecule has 3 rings (SSSR count). The average Bonchev–Trinajstić information content (AvgIpc) is 2.46. The fourth-order valence-electron chi connectivity index (χ4n) is 4.18. The van der Waals surface area contributed by atoms with Crippen LogP contribution in [0.5, 0.6) is 0 Å². The molecule has 0 unspecified atom stereocenters. The van der Waals surface area contributed by atoms with Gasteiger partial charge in [-0.05, 0) is 36.3 Å². The Balaban J connectivity index is 1.89. The maximum absolute atomic E-state index is 2.67. The molecule has 1 fully saturated rings. The van der Waals surface area contributed by atoms with E-state index in [1.54, 1.807) is 0 Å². The lowest BCUT2D eigenvalue weighted by molar-refractivity contribution is -0.577. The van der Waals surface area contributed by atoms with Crippen LogP contribution in [0.4, 0.5) is 0 Å². The maximum Gasteiger partial charge on any atom is 0.171 e. The number of hydrogen-bond donors (Lipinski definition) is 0. The van der Waals surface area contributed by atoms with Crippen molar-refractivity contribution in [3.05, 3.63) is 35.4 Å². The molecule has 108 valence electrons. The average molecular weight is 270 g/mol. The molecule has 1 aliphatic carbocycles. The van der Waals surface area contributed by atoms with Gasteiger partial charge in [-0.3, -0.25) is 0 Å². The predicted molar refractivity (Wildman–Crippen MR) is 85.6 cm³/mol. The summed E-state index contributed by atoms with van der Waals surface area (Å²) < 4.78 is 2.67. The summed E-state index contributed by atoms with van der Waals surface area (Å²) in [5.74, 6) is 2.56. The molecule has 1 aromatic rings. The molecule has 3 atom stereocenters. The first-order valence-electron chi connectivity index (χ1n) is 8.33. The van der Waals surface area contributed by atoms with Crippen LogP contribution < -0.4 is 0 Å². The summed E-state index contributed by atoms with van der Waals surface area (Å²) in [6, 6.07) is 9.65. The fraction of sp³-hybridized carbons (Fsp3) is 0.632. The first-order chi connectivity index (χ1) is 9.65. The van der Waals surface area contributed by atoms with Crippen LogP contribution in [0.3, 0.4) is 0 Å². The summed E-state index contributed by atoms with van der Waals surface area (Å²) in [5, 5.41) is 0. The molecule has 1 heterocycles. The molecule has 0 spiro atoms. The Kier molecular flexibility index (Phi) is 3.96. The molecule has 1 aliphatic heterocycles. The van der Waals surface area contributed by atoms with Crippen LogP contribution in [0.2, 0.25) is 0 Å². The van der Waals surface area contributed by atoms with E-state index in [0.717, 1.165) is 23.8 Å². The monoisotopic (exact) mass is 270 g/mol. The minimum atomic E-state index is 0.757. The second kappa shape index (κ2) is 5.71. The molecule has 2 aliphatic rings. The van der Waals surface area contributed by atoms with Crippen LogP contribution in [0.25, 0.3) is 0 Å². The molecular weight excluding hydrogens is 242 g/mol. The summed E-state index contributed by atoms with van der Waals surface area (Å²) in [6.07, 6.45) is 7.86. The van der Waals surface area contributed by atoms with Crippen LogP contribution in [0, 0.1) is 17.8 Å². The molecule has 0 radical (unpaired) electrons. The summed E-state index contributed by atoms with van der Waals surface area (Å²) in [5.41, 5.74) is 2.97. The van der Waals surface area contributed by atoms with E-state index in [0.29, 0.717) is 0 Å². The molecule has 1 heteroatoms. The van der Waals surface area contributed by atoms with Gasteiger partial charge in [-0.1, -0.05) is 39.0 Å². The number of nitrogens with zero attached hydrogens (tertiary/aromatic N) is 1. The van der Waals surface area contributed by atoms with E-state index in [-0.39, 0.29) is 0 Å². The highest BCUT2D eigenvalue weighted by atomic mass is 15.0. The Labute approximate surface area is 123 Å². The van der Waals surface area contributed by atoms with Gasteiger partial charge < -0.3 is 0 Å². The van der Waals surface area contributed by atoms with Crippen molar-refractivity contribution in [2.24, 2.45) is 17.8 Å². The number of fused-ring (bicyclic) bond motifs is 1. The van der Waals surface area contributed by atoms with Gasteiger partial charge in [-0.25, -0.2) is 4.58 Å². The second-order valence-corrected chi connectivity index (χ2v) is 7.21. The largest absolute Gasteiger partial charge is 0.232 e. The van der Waals surface area contributed by atoms with E-state index in [1.807, 2.05) is 0 Å². The lowest BCUT2D eigenvalue weighted by atomic mass is 9.73. The fourth-order valence-corrected chi connectivity index (χ4v) is 4.18. The van der Waals surface area contributed by atoms with E-state index >= 15 is 0 Å². The van der Waals surface area contributed by atoms with E-state index in [2.05, 4.69) is 55.8 Å². The van der Waals surface area contributed by atoms with Gasteiger partial charge >= 0.3 is 0 Å². The highest BCUT2D eigenvalue weighted by molar-refractivity contribution is 5.78. The number of hydrogen-bond acceptors (Lipinski definition) is 0. The Morgan fingerprint density at radius 2 is 1.95 bits per heavy atom. The van der Waals surface area contributed by atoms with Crippen LogP contribution in [0.1, 0.15) is 51.2 Å². The van der Waals surface area contributed by atoms with E-state index in [4.69, 9.17) is 0 Å². The topological polar surface area (TPSA) is 3.01 Å². The van der Waals surface area contributed by atoms with Crippen molar-refractivity contribution in [3.8, 4) is 0 Å². The van der Waals surface area contributed by atoms with Crippen LogP contribution in [0.15, 0.2) is 24.3 Å². The zero-order valence-electron chi connectivity index (χ0n) is 13.2. The van der Waals surface area contributed by atoms with Crippen molar-refractivity contribution in [2.45, 2.75) is 52.5 Å². The minimum absolute atomic E-state index is 0.757. The standard InChI is InChI=1S/C19H28N/c1-14(2)18-9-8-15(3)12-19(18)20-11-10-16-6-4-5-7-17(16)13-20/h4-7,13-15,18-19H,8-12H2,1-3H3/q+1/t15-,18+,19-/m1/s1. The third-order valence-corrected chi connectivity index (χ3v) is 5.41. The SMILES string of the molecule is CC(C)[C@@H]1CC[C@@H](C)C[C@H]1[N+]1=Cc2ccccc2CC1. The number of rotatable bonds is 2. The van der Waals surface area contributed by atoms with Crippen molar-refractivity contribution < 1.29 is 4.58 Å². The highest BCUT2D eigenvalue weighted by Gasteiger charge is 2.38. The third kappa shape index (κ3) is 2.68. The van der Waals surface area contributed by atoms with Gasteiger partial charge in [0.05, 0.1) is 0 Å². The van der Waals surface area contributed by atoms with Crippen molar-refractivity contribution in [3.63, 3.8) is 0 Å². The first-order valence-corrected chi connectivity index (χ1v) is 8.33. The molecule has 20 heavy (non-hydrogen) atoms. The van der Waals surface area contributed by atoms with E-state index in [9.17, 15) is 0 Å². The molecule has 1 saturated carbocycles. The van der Waals surface area contributed by atoms with E-state index < -0.39 is 0 Å². The van der Waals surface area contributed by atoms with Gasteiger partial charge in [-0.15, -0.1) is 0 Å². The van der Waals surface area contributed by atoms with Crippen molar-refractivity contribution >= 4 is 6.21 Å². The van der Waals surface area contributed by atoms with E-state index in [1.165, 1.54) is 43.4 Å². The maximum atomic E-state index is 2.67. The zero-order valence-corrected chi connectivity index (χ0v) is 13.2. The molecule has 0 bridgehead atoms. The van der Waals surface area contributed by atoms with Crippen LogP contribution in [-0.2, 0) is 6.42 Å². The van der Waals surface area contributed by atoms with Crippen LogP contribution >= 0.6 is 0 Å². The lowest BCUT2D eigenvalue weighted by Crippen LogP contribution is -2.43. The molecule has 1 aromatic carbocycles. The number of benzene rings is 1. The van der Waals surface area contributed by atoms with Gasteiger partial charge in [0, 0.05) is 24.3 Å². The molecule has 1 nitrogen and oxygen atoms in total. The Bertz CT molecular complexity index is 500. The molecule has 0 amide bonds. The molecular formula is C19H28N+. The quantitative estimate of drug-likeness (QED) is 0.711. The molecule has 0 aromatic heterocycles. The van der Waals surface area contributed by atoms with Gasteiger partial charge in [0.2, 0.25) is 0 Å². The second-order valence-electron chi connectivity index (χ2n) is 7.21. The Morgan fingerprint density at radius 3 is 2.75 bits per heavy atom.